The molecule has 27 heavy (non-hydrogen) atoms. The van der Waals surface area contributed by atoms with Gasteiger partial charge in [-0.1, -0.05) is 36.7 Å². The van der Waals surface area contributed by atoms with Crippen LogP contribution in [0.15, 0.2) is 24.3 Å². The molecule has 2 unspecified atom stereocenters. The van der Waals surface area contributed by atoms with Gasteiger partial charge in [-0.3, -0.25) is 10.1 Å². The second-order valence-corrected chi connectivity index (χ2v) is 7.96. The fourth-order valence-corrected chi connectivity index (χ4v) is 2.55. The summed E-state index contributed by atoms with van der Waals surface area (Å²) in [7, 11) is 0. The molecule has 0 radical (unpaired) electrons. The van der Waals surface area contributed by atoms with Crippen molar-refractivity contribution in [2.24, 2.45) is 0 Å². The molecule has 0 aliphatic carbocycles. The molecular formula is C20H31ClN2O4. The van der Waals surface area contributed by atoms with E-state index in [1.807, 2.05) is 39.0 Å². The number of nitrogens with one attached hydrogen (secondary N) is 2. The molecule has 6 nitrogen and oxygen atoms in total. The maximum Gasteiger partial charge on any atom is 0.413 e. The van der Waals surface area contributed by atoms with E-state index < -0.39 is 17.3 Å². The Morgan fingerprint density at radius 3 is 2.48 bits per heavy atom. The van der Waals surface area contributed by atoms with Gasteiger partial charge in [0.1, 0.15) is 5.60 Å². The molecule has 0 saturated carbocycles. The standard InChI is InChI=1S/C20H31ClN2O4/c1-6-16(11-12-18(24)27-20(3,4)5)22-13-15-9-7-8-10-17(15)23-19(25)26-14(2)21/h7-10,14,16,22H,6,11-13H2,1-5H3,(H,23,25). The quantitative estimate of drug-likeness (QED) is 0.461. The number of para-hydroxylation sites is 1. The van der Waals surface area contributed by atoms with Crippen LogP contribution in [-0.2, 0) is 20.8 Å². The molecule has 1 amide bonds. The Bertz CT molecular complexity index is 614. The highest BCUT2D eigenvalue weighted by Crippen LogP contribution is 2.17. The summed E-state index contributed by atoms with van der Waals surface area (Å²) in [6, 6.07) is 7.63. The van der Waals surface area contributed by atoms with Gasteiger partial charge in [-0.15, -0.1) is 0 Å². The predicted molar refractivity (Wildman–Crippen MR) is 108 cm³/mol. The maximum absolute atomic E-state index is 11.9. The van der Waals surface area contributed by atoms with Crippen LogP contribution in [0.3, 0.4) is 0 Å². The summed E-state index contributed by atoms with van der Waals surface area (Å²) in [5.74, 6) is -0.192. The van der Waals surface area contributed by atoms with Crippen LogP contribution in [0, 0.1) is 0 Å². The molecule has 0 spiro atoms. The number of rotatable bonds is 9. The minimum Gasteiger partial charge on any atom is -0.460 e. The van der Waals surface area contributed by atoms with Crippen LogP contribution in [0.4, 0.5) is 10.5 Å². The Balaban J connectivity index is 2.57. The number of carbonyl (C=O) groups excluding carboxylic acids is 2. The van der Waals surface area contributed by atoms with Gasteiger partial charge in [-0.05, 0) is 52.2 Å². The lowest BCUT2D eigenvalue weighted by Gasteiger charge is -2.21. The van der Waals surface area contributed by atoms with Crippen LogP contribution in [0.1, 0.15) is 59.4 Å². The number of carbonyl (C=O) groups is 2. The Morgan fingerprint density at radius 2 is 1.89 bits per heavy atom. The molecule has 7 heteroatoms. The van der Waals surface area contributed by atoms with Crippen molar-refractivity contribution in [3.8, 4) is 0 Å². The number of hydrogen-bond acceptors (Lipinski definition) is 5. The Labute approximate surface area is 166 Å². The van der Waals surface area contributed by atoms with Crippen LogP contribution in [0.2, 0.25) is 0 Å². The number of halogens is 1. The van der Waals surface area contributed by atoms with Crippen molar-refractivity contribution in [2.45, 2.75) is 77.6 Å². The summed E-state index contributed by atoms with van der Waals surface area (Å²) in [5, 5.41) is 6.13. The summed E-state index contributed by atoms with van der Waals surface area (Å²) in [4.78, 5) is 23.7. The summed E-state index contributed by atoms with van der Waals surface area (Å²) in [6.07, 6.45) is 1.33. The molecule has 152 valence electrons. The third-order valence-electron chi connectivity index (χ3n) is 3.71. The van der Waals surface area contributed by atoms with E-state index in [-0.39, 0.29) is 12.0 Å². The van der Waals surface area contributed by atoms with Crippen molar-refractivity contribution < 1.29 is 19.1 Å². The molecule has 2 atom stereocenters. The first-order chi connectivity index (χ1) is 12.6. The van der Waals surface area contributed by atoms with Crippen molar-refractivity contribution in [1.29, 1.82) is 0 Å². The smallest absolute Gasteiger partial charge is 0.413 e. The van der Waals surface area contributed by atoms with Crippen LogP contribution >= 0.6 is 11.6 Å². The second-order valence-electron chi connectivity index (χ2n) is 7.34. The number of amides is 1. The van der Waals surface area contributed by atoms with Gasteiger partial charge in [0.2, 0.25) is 0 Å². The van der Waals surface area contributed by atoms with Crippen LogP contribution in [0.25, 0.3) is 0 Å². The second kappa shape index (κ2) is 11.1. The van der Waals surface area contributed by atoms with E-state index >= 15 is 0 Å². The lowest BCUT2D eigenvalue weighted by molar-refractivity contribution is -0.155. The van der Waals surface area contributed by atoms with Crippen molar-refractivity contribution in [3.05, 3.63) is 29.8 Å². The highest BCUT2D eigenvalue weighted by molar-refractivity contribution is 6.20. The monoisotopic (exact) mass is 398 g/mol. The number of benzene rings is 1. The van der Waals surface area contributed by atoms with E-state index in [0.29, 0.717) is 25.1 Å². The molecule has 0 fully saturated rings. The molecule has 0 aromatic heterocycles. The molecule has 0 aliphatic rings. The lowest BCUT2D eigenvalue weighted by atomic mass is 10.1. The first kappa shape index (κ1) is 23.2. The van der Waals surface area contributed by atoms with Gasteiger partial charge in [0, 0.05) is 24.7 Å². The minimum atomic E-state index is -0.701. The first-order valence-corrected chi connectivity index (χ1v) is 9.69. The molecule has 0 heterocycles. The van der Waals surface area contributed by atoms with Gasteiger partial charge < -0.3 is 14.8 Å². The Kier molecular flexibility index (Phi) is 9.60. The van der Waals surface area contributed by atoms with E-state index in [1.165, 1.54) is 0 Å². The highest BCUT2D eigenvalue weighted by Gasteiger charge is 2.18. The SMILES string of the molecule is CCC(CCC(=O)OC(C)(C)C)NCc1ccccc1NC(=O)OC(C)Cl. The van der Waals surface area contributed by atoms with Crippen molar-refractivity contribution in [3.63, 3.8) is 0 Å². The van der Waals surface area contributed by atoms with Gasteiger partial charge in [-0.25, -0.2) is 4.79 Å². The predicted octanol–water partition coefficient (Wildman–Crippen LogP) is 4.81. The molecule has 0 saturated heterocycles. The largest absolute Gasteiger partial charge is 0.460 e. The highest BCUT2D eigenvalue weighted by atomic mass is 35.5. The fraction of sp³-hybridized carbons (Fsp3) is 0.600. The average Bonchev–Trinajstić information content (AvgIpc) is 2.54. The van der Waals surface area contributed by atoms with E-state index in [0.717, 1.165) is 12.0 Å². The molecule has 0 bridgehead atoms. The third kappa shape index (κ3) is 10.2. The zero-order valence-corrected chi connectivity index (χ0v) is 17.6. The molecule has 1 aromatic carbocycles. The Morgan fingerprint density at radius 1 is 1.22 bits per heavy atom. The van der Waals surface area contributed by atoms with E-state index in [9.17, 15) is 9.59 Å². The van der Waals surface area contributed by atoms with E-state index in [1.54, 1.807) is 13.0 Å². The van der Waals surface area contributed by atoms with Crippen LogP contribution < -0.4 is 10.6 Å². The summed E-state index contributed by atoms with van der Waals surface area (Å²) < 4.78 is 10.3. The number of ether oxygens (including phenoxy) is 2. The van der Waals surface area contributed by atoms with Gasteiger partial charge >= 0.3 is 12.1 Å². The lowest BCUT2D eigenvalue weighted by Crippen LogP contribution is -2.30. The van der Waals surface area contributed by atoms with E-state index in [2.05, 4.69) is 17.6 Å². The Hall–Kier alpha value is -1.79. The summed E-state index contributed by atoms with van der Waals surface area (Å²) in [6.45, 7) is 9.78. The van der Waals surface area contributed by atoms with Gasteiger partial charge in [0.15, 0.2) is 5.56 Å². The normalized spacial score (nSPS) is 13.6. The fourth-order valence-electron chi connectivity index (χ4n) is 2.47. The summed E-state index contributed by atoms with van der Waals surface area (Å²) >= 11 is 5.67. The van der Waals surface area contributed by atoms with Crippen molar-refractivity contribution in [1.82, 2.24) is 5.32 Å². The van der Waals surface area contributed by atoms with Crippen LogP contribution in [0.5, 0.6) is 0 Å². The zero-order chi connectivity index (χ0) is 20.4. The van der Waals surface area contributed by atoms with Crippen LogP contribution in [-0.4, -0.2) is 29.3 Å². The van der Waals surface area contributed by atoms with Gasteiger partial charge in [-0.2, -0.15) is 0 Å². The third-order valence-corrected chi connectivity index (χ3v) is 3.80. The molecule has 2 N–H and O–H groups in total. The summed E-state index contributed by atoms with van der Waals surface area (Å²) in [5.41, 5.74) is 0.417. The first-order valence-electron chi connectivity index (χ1n) is 9.25. The van der Waals surface area contributed by atoms with Gasteiger partial charge in [0.25, 0.3) is 0 Å². The topological polar surface area (TPSA) is 76.7 Å². The van der Waals surface area contributed by atoms with Crippen molar-refractivity contribution in [2.75, 3.05) is 5.32 Å². The number of hydrogen-bond donors (Lipinski definition) is 2. The average molecular weight is 399 g/mol. The number of alkyl halides is 1. The van der Waals surface area contributed by atoms with Crippen molar-refractivity contribution >= 4 is 29.4 Å². The van der Waals surface area contributed by atoms with Gasteiger partial charge in [0.05, 0.1) is 0 Å². The molecule has 1 aromatic rings. The van der Waals surface area contributed by atoms with E-state index in [4.69, 9.17) is 21.1 Å². The zero-order valence-electron chi connectivity index (χ0n) is 16.8. The number of anilines is 1. The molecule has 1 rings (SSSR count). The molecule has 0 aliphatic heterocycles. The molecular weight excluding hydrogens is 368 g/mol. The minimum absolute atomic E-state index is 0.167. The number of esters is 1. The maximum atomic E-state index is 11.9.